The number of ether oxygens (including phenoxy) is 1. The molecule has 5 nitrogen and oxygen atoms in total. The lowest BCUT2D eigenvalue weighted by atomic mass is 9.94. The molecule has 0 aromatic heterocycles. The summed E-state index contributed by atoms with van der Waals surface area (Å²) in [6.07, 6.45) is 1.40. The third kappa shape index (κ3) is 5.87. The Kier molecular flexibility index (Phi) is 9.49. The van der Waals surface area contributed by atoms with E-state index in [2.05, 4.69) is 113 Å². The second-order valence-electron chi connectivity index (χ2n) is 11.5. The van der Waals surface area contributed by atoms with E-state index in [-0.39, 0.29) is 11.1 Å². The largest absolute Gasteiger partial charge is 0.534 e. The summed E-state index contributed by atoms with van der Waals surface area (Å²) >= 11 is 5.57. The number of aliphatic hydroxyl groups excluding tert-OH is 1. The van der Waals surface area contributed by atoms with Crippen LogP contribution < -0.4 is 14.8 Å². The summed E-state index contributed by atoms with van der Waals surface area (Å²) in [5.41, 5.74) is 1.14. The maximum atomic E-state index is 12.4. The highest BCUT2D eigenvalue weighted by Gasteiger charge is 2.52. The number of carbonyl (C=O) groups is 1. The van der Waals surface area contributed by atoms with Gasteiger partial charge in [0, 0.05) is 12.6 Å². The van der Waals surface area contributed by atoms with Crippen molar-refractivity contribution in [3.63, 3.8) is 0 Å². The molecule has 1 N–H and O–H groups in total. The highest BCUT2D eigenvalue weighted by atomic mass is 32.1. The number of thiocarbonyl (C=S) groups is 1. The monoisotopic (exact) mass is 575 g/mol. The van der Waals surface area contributed by atoms with Gasteiger partial charge in [0.05, 0.1) is 7.11 Å². The minimum absolute atomic E-state index is 0.120. The molecule has 0 spiro atoms. The van der Waals surface area contributed by atoms with Gasteiger partial charge in [-0.1, -0.05) is 119 Å². The Balaban J connectivity index is 1.57. The van der Waals surface area contributed by atoms with Gasteiger partial charge in [-0.3, -0.25) is 4.79 Å². The number of benzene rings is 3. The maximum absolute atomic E-state index is 12.4. The van der Waals surface area contributed by atoms with Gasteiger partial charge in [0.25, 0.3) is 0 Å². The first-order valence-electron chi connectivity index (χ1n) is 14.1. The van der Waals surface area contributed by atoms with Crippen LogP contribution in [0.4, 0.5) is 0 Å². The zero-order valence-corrected chi connectivity index (χ0v) is 26.0. The van der Waals surface area contributed by atoms with Gasteiger partial charge in [-0.2, -0.15) is 0 Å². The van der Waals surface area contributed by atoms with Crippen LogP contribution in [0.15, 0.2) is 84.9 Å². The zero-order valence-electron chi connectivity index (χ0n) is 24.2. The maximum Gasteiger partial charge on any atom is 0.319 e. The summed E-state index contributed by atoms with van der Waals surface area (Å²) in [6.45, 7) is 9.52. The van der Waals surface area contributed by atoms with E-state index >= 15 is 0 Å². The van der Waals surface area contributed by atoms with E-state index < -0.39 is 26.3 Å². The van der Waals surface area contributed by atoms with E-state index in [9.17, 15) is 9.90 Å². The van der Waals surface area contributed by atoms with Crippen LogP contribution in [0.25, 0.3) is 0 Å². The standard InChI is InChI=1S/C33H41NO4SSi/c1-6-13-28-29(32(36)37-5)30(35)31(39)34(28)23-22-24-18-20-25(21-19-24)38-40(33(2,3)4,26-14-9-7-10-15-26)27-16-11-8-12-17-27/h7-12,14-21,28-30,35H,6,13,22-23H2,1-5H3/t28-,29-,30+/m0/s1. The third-order valence-electron chi connectivity index (χ3n) is 8.00. The molecule has 0 unspecified atom stereocenters. The van der Waals surface area contributed by atoms with Crippen molar-refractivity contribution in [2.45, 2.75) is 64.1 Å². The van der Waals surface area contributed by atoms with Crippen LogP contribution >= 0.6 is 12.2 Å². The lowest BCUT2D eigenvalue weighted by molar-refractivity contribution is -0.148. The molecule has 1 saturated heterocycles. The summed E-state index contributed by atoms with van der Waals surface area (Å²) in [5, 5.41) is 13.1. The fourth-order valence-electron chi connectivity index (χ4n) is 6.02. The number of likely N-dealkylation sites (tertiary alicyclic amines) is 1. The number of nitrogens with zero attached hydrogens (tertiary/aromatic N) is 1. The number of esters is 1. The number of rotatable bonds is 10. The van der Waals surface area contributed by atoms with E-state index in [1.807, 2.05) is 4.90 Å². The van der Waals surface area contributed by atoms with Gasteiger partial charge >= 0.3 is 14.3 Å². The van der Waals surface area contributed by atoms with Crippen molar-refractivity contribution >= 4 is 41.9 Å². The van der Waals surface area contributed by atoms with Gasteiger partial charge in [0.15, 0.2) is 0 Å². The zero-order chi connectivity index (χ0) is 28.9. The van der Waals surface area contributed by atoms with Crippen LogP contribution in [-0.4, -0.2) is 55.1 Å². The summed E-state index contributed by atoms with van der Waals surface area (Å²) in [4.78, 5) is 14.9. The van der Waals surface area contributed by atoms with E-state index in [1.54, 1.807) is 0 Å². The van der Waals surface area contributed by atoms with Gasteiger partial charge in [-0.15, -0.1) is 0 Å². The van der Waals surface area contributed by atoms with Crippen LogP contribution in [0.2, 0.25) is 5.04 Å². The second-order valence-corrected chi connectivity index (χ2v) is 16.2. The first-order valence-corrected chi connectivity index (χ1v) is 16.4. The quantitative estimate of drug-likeness (QED) is 0.206. The van der Waals surface area contributed by atoms with Crippen molar-refractivity contribution in [3.8, 4) is 5.75 Å². The Hall–Kier alpha value is -3.00. The summed E-state index contributed by atoms with van der Waals surface area (Å²) in [7, 11) is -1.34. The fourth-order valence-corrected chi connectivity index (χ4v) is 10.8. The summed E-state index contributed by atoms with van der Waals surface area (Å²) < 4.78 is 12.1. The minimum Gasteiger partial charge on any atom is -0.534 e. The van der Waals surface area contributed by atoms with Crippen molar-refractivity contribution in [1.29, 1.82) is 0 Å². The van der Waals surface area contributed by atoms with Crippen molar-refractivity contribution in [3.05, 3.63) is 90.5 Å². The first-order chi connectivity index (χ1) is 19.1. The molecule has 40 heavy (non-hydrogen) atoms. The molecular weight excluding hydrogens is 535 g/mol. The SMILES string of the molecule is CCC[C@H]1[C@H](C(=O)OC)[C@@H](O)C(=S)N1CCc1ccc(O[Si](c2ccccc2)(c2ccccc2)C(C)(C)C)cc1. The van der Waals surface area contributed by atoms with E-state index in [0.717, 1.165) is 30.6 Å². The number of hydrogen-bond acceptors (Lipinski definition) is 5. The minimum atomic E-state index is -2.70. The van der Waals surface area contributed by atoms with Crippen molar-refractivity contribution in [2.75, 3.05) is 13.7 Å². The first kappa shape index (κ1) is 30.0. The molecule has 1 heterocycles. The van der Waals surface area contributed by atoms with Gasteiger partial charge in [0.2, 0.25) is 0 Å². The molecule has 0 bridgehead atoms. The Bertz CT molecular complexity index is 1240. The highest BCUT2D eigenvalue weighted by Crippen LogP contribution is 2.38. The van der Waals surface area contributed by atoms with E-state index in [0.29, 0.717) is 11.5 Å². The van der Waals surface area contributed by atoms with Crippen molar-refractivity contribution in [1.82, 2.24) is 4.90 Å². The second kappa shape index (κ2) is 12.7. The van der Waals surface area contributed by atoms with Gasteiger partial charge in [-0.25, -0.2) is 0 Å². The predicted octanol–water partition coefficient (Wildman–Crippen LogP) is 5.13. The molecular formula is C33H41NO4SSi. The predicted molar refractivity (Wildman–Crippen MR) is 168 cm³/mol. The van der Waals surface area contributed by atoms with Crippen LogP contribution in [0.3, 0.4) is 0 Å². The average molecular weight is 576 g/mol. The number of aliphatic hydroxyl groups is 1. The molecule has 3 aromatic rings. The highest BCUT2D eigenvalue weighted by molar-refractivity contribution is 7.80. The van der Waals surface area contributed by atoms with Crippen molar-refractivity contribution < 1.29 is 19.1 Å². The smallest absolute Gasteiger partial charge is 0.319 e. The molecule has 0 radical (unpaired) electrons. The molecule has 0 aliphatic carbocycles. The Morgan fingerprint density at radius 2 is 1.50 bits per heavy atom. The normalized spacial score (nSPS) is 19.5. The lowest BCUT2D eigenvalue weighted by Gasteiger charge is -2.43. The molecule has 212 valence electrons. The van der Waals surface area contributed by atoms with Gasteiger partial charge in [-0.05, 0) is 45.9 Å². The molecule has 3 atom stereocenters. The number of carbonyl (C=O) groups excluding carboxylic acids is 1. The van der Waals surface area contributed by atoms with E-state index in [4.69, 9.17) is 21.4 Å². The average Bonchev–Trinajstić information content (AvgIpc) is 3.19. The molecule has 1 aliphatic heterocycles. The Morgan fingerprint density at radius 3 is 1.98 bits per heavy atom. The Morgan fingerprint density at radius 1 is 0.950 bits per heavy atom. The number of methoxy groups -OCH3 is 1. The van der Waals surface area contributed by atoms with Crippen LogP contribution in [0.1, 0.15) is 46.1 Å². The third-order valence-corrected chi connectivity index (χ3v) is 13.4. The molecule has 4 rings (SSSR count). The fraction of sp³-hybridized carbons (Fsp3) is 0.394. The van der Waals surface area contributed by atoms with Crippen LogP contribution in [-0.2, 0) is 16.0 Å². The van der Waals surface area contributed by atoms with Gasteiger partial charge in [0.1, 0.15) is 22.8 Å². The summed E-state index contributed by atoms with van der Waals surface area (Å²) in [5.74, 6) is -0.194. The Labute approximate surface area is 245 Å². The molecule has 0 saturated carbocycles. The molecule has 3 aromatic carbocycles. The number of hydrogen-bond donors (Lipinski definition) is 1. The molecule has 7 heteroatoms. The summed E-state index contributed by atoms with van der Waals surface area (Å²) in [6, 6.07) is 29.4. The van der Waals surface area contributed by atoms with Crippen molar-refractivity contribution in [2.24, 2.45) is 5.92 Å². The van der Waals surface area contributed by atoms with Crippen LogP contribution in [0.5, 0.6) is 5.75 Å². The van der Waals surface area contributed by atoms with E-state index in [1.165, 1.54) is 17.5 Å². The topological polar surface area (TPSA) is 59.0 Å². The molecule has 1 fully saturated rings. The van der Waals surface area contributed by atoms with Gasteiger partial charge < -0.3 is 19.2 Å². The molecule has 1 aliphatic rings. The molecule has 0 amide bonds. The lowest BCUT2D eigenvalue weighted by Crippen LogP contribution is -2.68. The van der Waals surface area contributed by atoms with Crippen LogP contribution in [0, 0.1) is 5.92 Å².